The van der Waals surface area contributed by atoms with Crippen LogP contribution in [0.4, 0.5) is 11.5 Å². The molecule has 0 unspecified atom stereocenters. The van der Waals surface area contributed by atoms with Gasteiger partial charge in [0, 0.05) is 36.3 Å². The van der Waals surface area contributed by atoms with Crippen molar-refractivity contribution in [2.45, 2.75) is 6.92 Å². The van der Waals surface area contributed by atoms with Crippen molar-refractivity contribution in [3.63, 3.8) is 0 Å². The van der Waals surface area contributed by atoms with Crippen LogP contribution in [0.2, 0.25) is 0 Å². The Kier molecular flexibility index (Phi) is 5.42. The summed E-state index contributed by atoms with van der Waals surface area (Å²) in [6.45, 7) is 6.48. The van der Waals surface area contributed by atoms with Crippen LogP contribution in [0, 0.1) is 0 Å². The lowest BCUT2D eigenvalue weighted by Crippen LogP contribution is -2.48. The summed E-state index contributed by atoms with van der Waals surface area (Å²) in [5.41, 5.74) is 1.31. The van der Waals surface area contributed by atoms with Crippen LogP contribution in [0.15, 0.2) is 40.9 Å². The van der Waals surface area contributed by atoms with Gasteiger partial charge in [-0.3, -0.25) is 4.79 Å². The molecule has 0 aliphatic carbocycles. The second kappa shape index (κ2) is 7.72. The number of nitrogens with one attached hydrogen (secondary N) is 1. The molecule has 1 fully saturated rings. The first-order chi connectivity index (χ1) is 11.7. The van der Waals surface area contributed by atoms with E-state index in [4.69, 9.17) is 0 Å². The molecule has 1 aliphatic heterocycles. The number of hydrogen-bond acceptors (Lipinski definition) is 5. The summed E-state index contributed by atoms with van der Waals surface area (Å²) in [4.78, 5) is 16.7. The van der Waals surface area contributed by atoms with Gasteiger partial charge in [-0.25, -0.2) is 0 Å². The summed E-state index contributed by atoms with van der Waals surface area (Å²) in [7, 11) is 0. The number of likely N-dealkylation sites (N-methyl/N-ethyl adjacent to an activating group) is 1. The summed E-state index contributed by atoms with van der Waals surface area (Å²) < 4.78 is 1.02. The lowest BCUT2D eigenvalue weighted by molar-refractivity contribution is 0.0636. The van der Waals surface area contributed by atoms with E-state index in [-0.39, 0.29) is 5.91 Å². The zero-order chi connectivity index (χ0) is 16.9. The molecule has 6 nitrogen and oxygen atoms in total. The average molecular weight is 390 g/mol. The van der Waals surface area contributed by atoms with Gasteiger partial charge in [0.2, 0.25) is 0 Å². The third-order valence-electron chi connectivity index (χ3n) is 4.11. The van der Waals surface area contributed by atoms with Crippen LogP contribution in [-0.4, -0.2) is 58.6 Å². The van der Waals surface area contributed by atoms with Gasteiger partial charge < -0.3 is 15.1 Å². The molecule has 1 aromatic carbocycles. The van der Waals surface area contributed by atoms with E-state index in [1.165, 1.54) is 0 Å². The SMILES string of the molecule is CCN1CCN(C(=O)c2ccc(Nc3ccc(Br)cc3)nn2)CC1. The smallest absolute Gasteiger partial charge is 0.274 e. The average Bonchev–Trinajstić information content (AvgIpc) is 2.64. The van der Waals surface area contributed by atoms with Crippen molar-refractivity contribution < 1.29 is 4.79 Å². The van der Waals surface area contributed by atoms with Crippen molar-refractivity contribution in [1.29, 1.82) is 0 Å². The molecule has 24 heavy (non-hydrogen) atoms. The molecule has 1 amide bonds. The number of halogens is 1. The van der Waals surface area contributed by atoms with E-state index >= 15 is 0 Å². The van der Waals surface area contributed by atoms with E-state index in [0.717, 1.165) is 42.9 Å². The van der Waals surface area contributed by atoms with Crippen molar-refractivity contribution in [3.8, 4) is 0 Å². The van der Waals surface area contributed by atoms with Crippen LogP contribution < -0.4 is 5.32 Å². The predicted molar refractivity (Wildman–Crippen MR) is 97.5 cm³/mol. The van der Waals surface area contributed by atoms with E-state index in [1.807, 2.05) is 29.2 Å². The van der Waals surface area contributed by atoms with Gasteiger partial charge in [0.1, 0.15) is 0 Å². The Balaban J connectivity index is 1.61. The van der Waals surface area contributed by atoms with E-state index in [2.05, 4.69) is 43.3 Å². The first kappa shape index (κ1) is 16.9. The predicted octanol–water partition coefficient (Wildman–Crippen LogP) is 2.76. The number of benzene rings is 1. The van der Waals surface area contributed by atoms with Crippen molar-refractivity contribution in [1.82, 2.24) is 20.0 Å². The van der Waals surface area contributed by atoms with Crippen molar-refractivity contribution >= 4 is 33.3 Å². The Morgan fingerprint density at radius 3 is 2.38 bits per heavy atom. The van der Waals surface area contributed by atoms with Gasteiger partial charge in [0.05, 0.1) is 0 Å². The maximum atomic E-state index is 12.5. The summed E-state index contributed by atoms with van der Waals surface area (Å²) >= 11 is 3.40. The topological polar surface area (TPSA) is 61.4 Å². The molecular weight excluding hydrogens is 370 g/mol. The number of carbonyl (C=O) groups excluding carboxylic acids is 1. The maximum Gasteiger partial charge on any atom is 0.274 e. The van der Waals surface area contributed by atoms with Crippen molar-refractivity contribution in [3.05, 3.63) is 46.6 Å². The standard InChI is InChI=1S/C17H20BrN5O/c1-2-22-9-11-23(12-10-22)17(24)15-7-8-16(21-20-15)19-14-5-3-13(18)4-6-14/h3-8H,2,9-12H2,1H3,(H,19,21). The number of nitrogens with zero attached hydrogens (tertiary/aromatic N) is 4. The molecule has 1 aliphatic rings. The number of carbonyl (C=O) groups is 1. The summed E-state index contributed by atoms with van der Waals surface area (Å²) in [5, 5.41) is 11.4. The Hall–Kier alpha value is -1.99. The third-order valence-corrected chi connectivity index (χ3v) is 4.64. The fraction of sp³-hybridized carbons (Fsp3) is 0.353. The molecule has 2 heterocycles. The molecule has 126 valence electrons. The van der Waals surface area contributed by atoms with E-state index in [1.54, 1.807) is 12.1 Å². The molecule has 0 radical (unpaired) electrons. The number of amides is 1. The van der Waals surface area contributed by atoms with Crippen LogP contribution in [0.3, 0.4) is 0 Å². The second-order valence-corrected chi connectivity index (χ2v) is 6.58. The molecule has 7 heteroatoms. The second-order valence-electron chi connectivity index (χ2n) is 5.66. The molecule has 1 aromatic heterocycles. The molecule has 0 bridgehead atoms. The van der Waals surface area contributed by atoms with Crippen LogP contribution in [0.1, 0.15) is 17.4 Å². The monoisotopic (exact) mass is 389 g/mol. The molecule has 3 rings (SSSR count). The highest BCUT2D eigenvalue weighted by Gasteiger charge is 2.22. The highest BCUT2D eigenvalue weighted by atomic mass is 79.9. The minimum atomic E-state index is -0.0477. The third kappa shape index (κ3) is 4.10. The largest absolute Gasteiger partial charge is 0.339 e. The first-order valence-corrected chi connectivity index (χ1v) is 8.83. The van der Waals surface area contributed by atoms with Gasteiger partial charge in [-0.2, -0.15) is 0 Å². The number of aromatic nitrogens is 2. The number of anilines is 2. The fourth-order valence-corrected chi connectivity index (χ4v) is 2.89. The van der Waals surface area contributed by atoms with Gasteiger partial charge in [-0.1, -0.05) is 22.9 Å². The van der Waals surface area contributed by atoms with Gasteiger partial charge in [0.25, 0.3) is 5.91 Å². The molecule has 1 saturated heterocycles. The maximum absolute atomic E-state index is 12.5. The minimum absolute atomic E-state index is 0.0477. The van der Waals surface area contributed by atoms with Crippen LogP contribution in [0.25, 0.3) is 0 Å². The molecule has 2 aromatic rings. The quantitative estimate of drug-likeness (QED) is 0.870. The Morgan fingerprint density at radius 2 is 1.79 bits per heavy atom. The first-order valence-electron chi connectivity index (χ1n) is 8.03. The molecular formula is C17H20BrN5O. The van der Waals surface area contributed by atoms with E-state index < -0.39 is 0 Å². The van der Waals surface area contributed by atoms with E-state index in [0.29, 0.717) is 11.5 Å². The number of rotatable bonds is 4. The molecule has 0 saturated carbocycles. The van der Waals surface area contributed by atoms with Crippen LogP contribution >= 0.6 is 15.9 Å². The molecule has 0 spiro atoms. The lowest BCUT2D eigenvalue weighted by Gasteiger charge is -2.33. The number of hydrogen-bond donors (Lipinski definition) is 1. The van der Waals surface area contributed by atoms with Crippen LogP contribution in [0.5, 0.6) is 0 Å². The summed E-state index contributed by atoms with van der Waals surface area (Å²) in [6, 6.07) is 11.3. The zero-order valence-electron chi connectivity index (χ0n) is 13.6. The van der Waals surface area contributed by atoms with Gasteiger partial charge in [-0.05, 0) is 42.9 Å². The summed E-state index contributed by atoms with van der Waals surface area (Å²) in [5.74, 6) is 0.568. The number of piperazine rings is 1. The fourth-order valence-electron chi connectivity index (χ4n) is 2.62. The van der Waals surface area contributed by atoms with Gasteiger partial charge in [0.15, 0.2) is 11.5 Å². The molecule has 1 N–H and O–H groups in total. The Bertz CT molecular complexity index is 681. The van der Waals surface area contributed by atoms with Crippen molar-refractivity contribution in [2.24, 2.45) is 0 Å². The van der Waals surface area contributed by atoms with Crippen molar-refractivity contribution in [2.75, 3.05) is 38.0 Å². The highest BCUT2D eigenvalue weighted by Crippen LogP contribution is 2.17. The van der Waals surface area contributed by atoms with Gasteiger partial charge in [-0.15, -0.1) is 10.2 Å². The Morgan fingerprint density at radius 1 is 1.08 bits per heavy atom. The zero-order valence-corrected chi connectivity index (χ0v) is 15.2. The van der Waals surface area contributed by atoms with Crippen LogP contribution in [-0.2, 0) is 0 Å². The normalized spacial score (nSPS) is 15.3. The highest BCUT2D eigenvalue weighted by molar-refractivity contribution is 9.10. The Labute approximate surface area is 150 Å². The minimum Gasteiger partial charge on any atom is -0.339 e. The van der Waals surface area contributed by atoms with Gasteiger partial charge >= 0.3 is 0 Å². The van der Waals surface area contributed by atoms with E-state index in [9.17, 15) is 4.79 Å². The lowest BCUT2D eigenvalue weighted by atomic mass is 10.2. The molecule has 0 atom stereocenters. The summed E-state index contributed by atoms with van der Waals surface area (Å²) in [6.07, 6.45) is 0.